The Morgan fingerprint density at radius 3 is 2.38 bits per heavy atom. The van der Waals surface area contributed by atoms with Gasteiger partial charge in [-0.3, -0.25) is 19.6 Å². The lowest BCUT2D eigenvalue weighted by molar-refractivity contribution is -0.139. The van der Waals surface area contributed by atoms with Gasteiger partial charge in [-0.2, -0.15) is 5.10 Å². The Morgan fingerprint density at radius 1 is 1.00 bits per heavy atom. The molecule has 0 spiro atoms. The summed E-state index contributed by atoms with van der Waals surface area (Å²) in [4.78, 5) is 34.4. The van der Waals surface area contributed by atoms with Crippen molar-refractivity contribution in [3.05, 3.63) is 17.5 Å². The lowest BCUT2D eigenvalue weighted by Gasteiger charge is -2.43. The molecule has 4 rings (SSSR count). The normalized spacial score (nSPS) is 25.4. The van der Waals surface area contributed by atoms with E-state index in [9.17, 15) is 9.59 Å². The summed E-state index contributed by atoms with van der Waals surface area (Å²) in [5.74, 6) is 0.512. The molecule has 8 heteroatoms. The van der Waals surface area contributed by atoms with E-state index in [1.54, 1.807) is 0 Å². The number of H-pyrrole nitrogens is 1. The number of piperazine rings is 1. The van der Waals surface area contributed by atoms with Crippen molar-refractivity contribution in [3.63, 3.8) is 0 Å². The first-order valence-corrected chi connectivity index (χ1v) is 11.0. The molecule has 160 valence electrons. The zero-order valence-electron chi connectivity index (χ0n) is 17.8. The Bertz CT molecular complexity index is 719. The molecule has 3 fully saturated rings. The summed E-state index contributed by atoms with van der Waals surface area (Å²) in [5.41, 5.74) is 1.42. The molecular weight excluding hydrogens is 368 g/mol. The second-order valence-electron chi connectivity index (χ2n) is 8.92. The largest absolute Gasteiger partial charge is 0.340 e. The molecule has 2 amide bonds. The van der Waals surface area contributed by atoms with E-state index in [1.165, 1.54) is 0 Å². The predicted molar refractivity (Wildman–Crippen MR) is 111 cm³/mol. The molecule has 1 N–H and O–H groups in total. The second kappa shape index (κ2) is 8.83. The Kier molecular flexibility index (Phi) is 6.20. The summed E-state index contributed by atoms with van der Waals surface area (Å²) in [6.45, 7) is 9.07. The molecule has 1 aromatic rings. The van der Waals surface area contributed by atoms with Crippen molar-refractivity contribution in [1.29, 1.82) is 0 Å². The van der Waals surface area contributed by atoms with Crippen LogP contribution in [-0.4, -0.2) is 107 Å². The van der Waals surface area contributed by atoms with Gasteiger partial charge in [-0.25, -0.2) is 0 Å². The lowest BCUT2D eigenvalue weighted by Crippen LogP contribution is -2.54. The van der Waals surface area contributed by atoms with Gasteiger partial charge in [0.2, 0.25) is 5.91 Å². The van der Waals surface area contributed by atoms with Crippen molar-refractivity contribution < 1.29 is 9.59 Å². The molecule has 0 bridgehead atoms. The molecule has 1 atom stereocenters. The molecule has 3 aliphatic rings. The number of rotatable bonds is 3. The summed E-state index contributed by atoms with van der Waals surface area (Å²) < 4.78 is 0. The summed E-state index contributed by atoms with van der Waals surface area (Å²) >= 11 is 0. The van der Waals surface area contributed by atoms with E-state index in [0.29, 0.717) is 17.6 Å². The van der Waals surface area contributed by atoms with Crippen molar-refractivity contribution in [1.82, 2.24) is 29.8 Å². The first kappa shape index (κ1) is 20.3. The average molecular weight is 403 g/mol. The molecule has 0 radical (unpaired) electrons. The van der Waals surface area contributed by atoms with Crippen molar-refractivity contribution in [2.24, 2.45) is 5.92 Å². The number of aromatic nitrogens is 2. The van der Waals surface area contributed by atoms with Crippen LogP contribution in [0.15, 0.2) is 6.07 Å². The second-order valence-corrected chi connectivity index (χ2v) is 8.92. The zero-order chi connectivity index (χ0) is 20.4. The molecule has 29 heavy (non-hydrogen) atoms. The third-order valence-electron chi connectivity index (χ3n) is 6.81. The monoisotopic (exact) mass is 402 g/mol. The van der Waals surface area contributed by atoms with Gasteiger partial charge >= 0.3 is 0 Å². The summed E-state index contributed by atoms with van der Waals surface area (Å²) in [5, 5.41) is 6.96. The molecule has 0 aliphatic carbocycles. The van der Waals surface area contributed by atoms with Crippen LogP contribution < -0.4 is 0 Å². The van der Waals surface area contributed by atoms with Crippen LogP contribution >= 0.6 is 0 Å². The lowest BCUT2D eigenvalue weighted by atomic mass is 9.92. The number of nitrogens with zero attached hydrogens (tertiary/aromatic N) is 5. The maximum Gasteiger partial charge on any atom is 0.274 e. The van der Waals surface area contributed by atoms with Crippen LogP contribution in [0.4, 0.5) is 0 Å². The number of likely N-dealkylation sites (N-methyl/N-ethyl adjacent to an activating group) is 1. The highest BCUT2D eigenvalue weighted by Gasteiger charge is 2.35. The SMILES string of the molecule is Cc1cc(C(=O)N2CCC(N3CCCC(C(=O)N4CCN(C)CC4)C3)CC2)n[nH]1. The highest BCUT2D eigenvalue weighted by molar-refractivity contribution is 5.92. The number of hydrogen-bond acceptors (Lipinski definition) is 5. The maximum absolute atomic E-state index is 13.0. The summed E-state index contributed by atoms with van der Waals surface area (Å²) in [6, 6.07) is 2.29. The Hall–Kier alpha value is -1.93. The smallest absolute Gasteiger partial charge is 0.274 e. The number of amides is 2. The quantitative estimate of drug-likeness (QED) is 0.810. The van der Waals surface area contributed by atoms with Gasteiger partial charge in [0.25, 0.3) is 5.91 Å². The molecular formula is C21H34N6O2. The van der Waals surface area contributed by atoms with Gasteiger partial charge in [0.1, 0.15) is 5.69 Å². The van der Waals surface area contributed by atoms with E-state index in [1.807, 2.05) is 17.9 Å². The standard InChI is InChI=1S/C21H34N6O2/c1-16-14-19(23-22-16)21(29)25-8-5-18(6-9-25)27-7-3-4-17(15-27)20(28)26-12-10-24(2)11-13-26/h14,17-18H,3-13,15H2,1-2H3,(H,22,23). The minimum atomic E-state index is 0.0227. The molecule has 3 aliphatic heterocycles. The molecule has 1 unspecified atom stereocenters. The number of aryl methyl sites for hydroxylation is 1. The van der Waals surface area contributed by atoms with Crippen molar-refractivity contribution in [2.75, 3.05) is 59.4 Å². The predicted octanol–water partition coefficient (Wildman–Crippen LogP) is 0.809. The van der Waals surface area contributed by atoms with E-state index in [-0.39, 0.29) is 11.8 Å². The van der Waals surface area contributed by atoms with Crippen LogP contribution in [0.2, 0.25) is 0 Å². The van der Waals surface area contributed by atoms with Crippen molar-refractivity contribution in [3.8, 4) is 0 Å². The number of carbonyl (C=O) groups is 2. The number of nitrogens with one attached hydrogen (secondary N) is 1. The number of piperidine rings is 2. The fraction of sp³-hybridized carbons (Fsp3) is 0.762. The van der Waals surface area contributed by atoms with E-state index in [0.717, 1.165) is 83.7 Å². The highest BCUT2D eigenvalue weighted by atomic mass is 16.2. The van der Waals surface area contributed by atoms with E-state index >= 15 is 0 Å². The van der Waals surface area contributed by atoms with Crippen LogP contribution in [-0.2, 0) is 4.79 Å². The van der Waals surface area contributed by atoms with E-state index in [4.69, 9.17) is 0 Å². The molecule has 0 saturated carbocycles. The fourth-order valence-electron chi connectivity index (χ4n) is 4.95. The molecule has 4 heterocycles. The third kappa shape index (κ3) is 4.64. The minimum absolute atomic E-state index is 0.0227. The zero-order valence-corrected chi connectivity index (χ0v) is 17.8. The number of likely N-dealkylation sites (tertiary alicyclic amines) is 2. The maximum atomic E-state index is 13.0. The first-order chi connectivity index (χ1) is 14.0. The van der Waals surface area contributed by atoms with Gasteiger partial charge in [-0.05, 0) is 52.3 Å². The Balaban J connectivity index is 1.28. The van der Waals surface area contributed by atoms with Crippen LogP contribution in [0.1, 0.15) is 41.9 Å². The van der Waals surface area contributed by atoms with Crippen molar-refractivity contribution in [2.45, 2.75) is 38.6 Å². The molecule has 3 saturated heterocycles. The molecule has 0 aromatic carbocycles. The number of carbonyl (C=O) groups excluding carboxylic acids is 2. The average Bonchev–Trinajstić information content (AvgIpc) is 3.20. The van der Waals surface area contributed by atoms with Crippen LogP contribution in [0.3, 0.4) is 0 Å². The van der Waals surface area contributed by atoms with Gasteiger partial charge in [0.05, 0.1) is 5.92 Å². The molecule has 8 nitrogen and oxygen atoms in total. The first-order valence-electron chi connectivity index (χ1n) is 11.0. The van der Waals surface area contributed by atoms with Gasteiger partial charge in [-0.1, -0.05) is 0 Å². The number of hydrogen-bond donors (Lipinski definition) is 1. The van der Waals surface area contributed by atoms with Crippen LogP contribution in [0.25, 0.3) is 0 Å². The number of aromatic amines is 1. The Labute approximate surface area is 173 Å². The van der Waals surface area contributed by atoms with Gasteiger partial charge < -0.3 is 14.7 Å². The van der Waals surface area contributed by atoms with Gasteiger partial charge in [-0.15, -0.1) is 0 Å². The Morgan fingerprint density at radius 2 is 1.72 bits per heavy atom. The fourth-order valence-corrected chi connectivity index (χ4v) is 4.95. The van der Waals surface area contributed by atoms with E-state index < -0.39 is 0 Å². The minimum Gasteiger partial charge on any atom is -0.340 e. The van der Waals surface area contributed by atoms with Crippen molar-refractivity contribution >= 4 is 11.8 Å². The summed E-state index contributed by atoms with van der Waals surface area (Å²) in [6.07, 6.45) is 4.06. The third-order valence-corrected chi connectivity index (χ3v) is 6.81. The van der Waals surface area contributed by atoms with Gasteiger partial charge in [0, 0.05) is 57.5 Å². The van der Waals surface area contributed by atoms with Gasteiger partial charge in [0.15, 0.2) is 0 Å². The highest BCUT2D eigenvalue weighted by Crippen LogP contribution is 2.26. The summed E-state index contributed by atoms with van der Waals surface area (Å²) in [7, 11) is 2.12. The van der Waals surface area contributed by atoms with Crippen LogP contribution in [0, 0.1) is 12.8 Å². The molecule has 1 aromatic heterocycles. The van der Waals surface area contributed by atoms with Crippen LogP contribution in [0.5, 0.6) is 0 Å². The topological polar surface area (TPSA) is 75.8 Å². The van der Waals surface area contributed by atoms with E-state index in [2.05, 4.69) is 31.9 Å².